The zero-order chi connectivity index (χ0) is 22.0. The Balaban J connectivity index is 1.89. The van der Waals surface area contributed by atoms with Crippen molar-refractivity contribution < 1.29 is 33.8 Å². The molecule has 2 heterocycles. The molecule has 1 N–H and O–H groups in total. The summed E-state index contributed by atoms with van der Waals surface area (Å²) in [6.07, 6.45) is 0. The van der Waals surface area contributed by atoms with E-state index in [2.05, 4.69) is 0 Å². The number of hydrogen-bond acceptors (Lipinski definition) is 7. The molecule has 0 saturated heterocycles. The van der Waals surface area contributed by atoms with Crippen LogP contribution in [0.1, 0.15) is 62.2 Å². The third-order valence-electron chi connectivity index (χ3n) is 4.96. The number of thioether (sulfide) groups is 1. The Morgan fingerprint density at radius 3 is 1.80 bits per heavy atom. The molecular weight excluding hydrogens is 410 g/mol. The van der Waals surface area contributed by atoms with Crippen LogP contribution in [-0.2, 0) is 9.53 Å². The molecule has 30 heavy (non-hydrogen) atoms. The van der Waals surface area contributed by atoms with E-state index in [9.17, 15) is 29.1 Å². The number of ether oxygens (including phenoxy) is 1. The van der Waals surface area contributed by atoms with Crippen LogP contribution in [0.2, 0.25) is 0 Å². The van der Waals surface area contributed by atoms with Crippen molar-refractivity contribution in [3.8, 4) is 0 Å². The van der Waals surface area contributed by atoms with Gasteiger partial charge in [0.25, 0.3) is 11.8 Å². The van der Waals surface area contributed by atoms with E-state index in [1.165, 1.54) is 36.0 Å². The van der Waals surface area contributed by atoms with Gasteiger partial charge in [-0.1, -0.05) is 20.8 Å². The van der Waals surface area contributed by atoms with Crippen LogP contribution in [0.5, 0.6) is 0 Å². The maximum Gasteiger partial charge on any atom is 0.346 e. The maximum atomic E-state index is 13.2. The molecule has 2 aliphatic rings. The fraction of sp³-hybridized carbons (Fsp3) is 0.286. The number of carboxylic acids is 1. The summed E-state index contributed by atoms with van der Waals surface area (Å²) in [5.41, 5.74) is 0.300. The Kier molecular flexibility index (Phi) is 4.46. The molecule has 1 atom stereocenters. The lowest BCUT2D eigenvalue weighted by molar-refractivity contribution is -0.140. The van der Waals surface area contributed by atoms with Gasteiger partial charge in [-0.25, -0.2) is 14.4 Å². The van der Waals surface area contributed by atoms with Crippen molar-refractivity contribution in [1.29, 1.82) is 0 Å². The third kappa shape index (κ3) is 2.97. The molecule has 2 aliphatic heterocycles. The van der Waals surface area contributed by atoms with E-state index in [-0.39, 0.29) is 43.5 Å². The lowest BCUT2D eigenvalue weighted by Gasteiger charge is -2.33. The highest BCUT2D eigenvalue weighted by atomic mass is 32.2. The Hall–Kier alpha value is -3.20. The van der Waals surface area contributed by atoms with Crippen molar-refractivity contribution >= 4 is 52.3 Å². The standard InChI is InChI=1S/C21H17NO7S/c1-21(2,3)30-8-13(18(25)26)22-16(23)9-4-6-11-15-12(20(28)29-19(11)27)7-5-10(14(9)15)17(22)24/h4-7,13H,8H2,1-3H3,(H,25,26)/t13-/m0/s1. The fourth-order valence-corrected chi connectivity index (χ4v) is 4.56. The van der Waals surface area contributed by atoms with Crippen molar-refractivity contribution in [2.45, 2.75) is 31.6 Å². The zero-order valence-corrected chi connectivity index (χ0v) is 17.2. The highest BCUT2D eigenvalue weighted by Crippen LogP contribution is 2.38. The van der Waals surface area contributed by atoms with Gasteiger partial charge in [-0.15, -0.1) is 0 Å². The van der Waals surface area contributed by atoms with E-state index >= 15 is 0 Å². The van der Waals surface area contributed by atoms with Gasteiger partial charge >= 0.3 is 17.9 Å². The highest BCUT2D eigenvalue weighted by molar-refractivity contribution is 8.00. The van der Waals surface area contributed by atoms with Crippen LogP contribution in [0.25, 0.3) is 10.8 Å². The molecule has 154 valence electrons. The molecule has 9 heteroatoms. The van der Waals surface area contributed by atoms with Gasteiger partial charge in [0.1, 0.15) is 6.04 Å². The van der Waals surface area contributed by atoms with Gasteiger partial charge in [0, 0.05) is 32.4 Å². The SMILES string of the molecule is CC(C)(C)SC[C@@H](C(=O)O)N1C(=O)c2ccc3c4c(ccc(c24)C1=O)C(=O)OC3=O. The summed E-state index contributed by atoms with van der Waals surface area (Å²) in [6.45, 7) is 5.72. The lowest BCUT2D eigenvalue weighted by Crippen LogP contribution is -2.52. The summed E-state index contributed by atoms with van der Waals surface area (Å²) in [7, 11) is 0. The minimum Gasteiger partial charge on any atom is -0.480 e. The molecule has 0 aromatic heterocycles. The second kappa shape index (κ2) is 6.66. The molecule has 2 amide bonds. The van der Waals surface area contributed by atoms with E-state index in [1.807, 2.05) is 20.8 Å². The highest BCUT2D eigenvalue weighted by Gasteiger charge is 2.43. The summed E-state index contributed by atoms with van der Waals surface area (Å²) < 4.78 is 4.44. The van der Waals surface area contributed by atoms with E-state index in [0.717, 1.165) is 4.90 Å². The first-order chi connectivity index (χ1) is 14.0. The number of cyclic esters (lactones) is 2. The Morgan fingerprint density at radius 2 is 1.37 bits per heavy atom. The van der Waals surface area contributed by atoms with Gasteiger partial charge in [0.15, 0.2) is 0 Å². The molecule has 4 rings (SSSR count). The van der Waals surface area contributed by atoms with Gasteiger partial charge in [0.05, 0.1) is 11.1 Å². The fourth-order valence-electron chi connectivity index (χ4n) is 3.61. The van der Waals surface area contributed by atoms with Crippen molar-refractivity contribution in [3.05, 3.63) is 46.5 Å². The number of carbonyl (C=O) groups excluding carboxylic acids is 4. The third-order valence-corrected chi connectivity index (χ3v) is 6.30. The predicted molar refractivity (Wildman–Crippen MR) is 108 cm³/mol. The van der Waals surface area contributed by atoms with E-state index < -0.39 is 35.8 Å². The minimum atomic E-state index is -1.36. The molecule has 8 nitrogen and oxygen atoms in total. The van der Waals surface area contributed by atoms with Crippen LogP contribution >= 0.6 is 11.8 Å². The van der Waals surface area contributed by atoms with Crippen molar-refractivity contribution in [2.75, 3.05) is 5.75 Å². The molecule has 0 aliphatic carbocycles. The maximum absolute atomic E-state index is 13.2. The number of hydrogen-bond donors (Lipinski definition) is 1. The van der Waals surface area contributed by atoms with Crippen molar-refractivity contribution in [3.63, 3.8) is 0 Å². The number of esters is 2. The van der Waals surface area contributed by atoms with Gasteiger partial charge in [-0.05, 0) is 24.3 Å². The summed E-state index contributed by atoms with van der Waals surface area (Å²) in [4.78, 5) is 63.3. The Bertz CT molecular complexity index is 1110. The van der Waals surface area contributed by atoms with Crippen LogP contribution < -0.4 is 0 Å². The monoisotopic (exact) mass is 427 g/mol. The summed E-state index contributed by atoms with van der Waals surface area (Å²) >= 11 is 1.33. The lowest BCUT2D eigenvalue weighted by atomic mass is 9.87. The number of rotatable bonds is 4. The smallest absolute Gasteiger partial charge is 0.346 e. The normalized spacial score (nSPS) is 16.7. The van der Waals surface area contributed by atoms with Crippen LogP contribution in [0.15, 0.2) is 24.3 Å². The number of benzene rings is 2. The van der Waals surface area contributed by atoms with Gasteiger partial charge in [-0.3, -0.25) is 14.5 Å². The molecule has 2 aromatic rings. The molecule has 0 saturated carbocycles. The molecule has 2 aromatic carbocycles. The van der Waals surface area contributed by atoms with Gasteiger partial charge in [0.2, 0.25) is 0 Å². The number of nitrogens with zero attached hydrogens (tertiary/aromatic N) is 1. The minimum absolute atomic E-state index is 0.0236. The van der Waals surface area contributed by atoms with Crippen molar-refractivity contribution in [2.24, 2.45) is 0 Å². The van der Waals surface area contributed by atoms with E-state index in [0.29, 0.717) is 0 Å². The Morgan fingerprint density at radius 1 is 0.933 bits per heavy atom. The largest absolute Gasteiger partial charge is 0.480 e. The molecule has 0 unspecified atom stereocenters. The van der Waals surface area contributed by atoms with Crippen molar-refractivity contribution in [1.82, 2.24) is 4.90 Å². The summed E-state index contributed by atoms with van der Waals surface area (Å²) in [5, 5.41) is 10.1. The topological polar surface area (TPSA) is 118 Å². The molecule has 0 bridgehead atoms. The van der Waals surface area contributed by atoms with Crippen LogP contribution in [0, 0.1) is 0 Å². The van der Waals surface area contributed by atoms with Crippen LogP contribution in [-0.4, -0.2) is 56.3 Å². The first-order valence-electron chi connectivity index (χ1n) is 9.12. The van der Waals surface area contributed by atoms with Crippen LogP contribution in [0.3, 0.4) is 0 Å². The summed E-state index contributed by atoms with van der Waals surface area (Å²) in [6, 6.07) is 4.06. The first kappa shape index (κ1) is 20.1. The second-order valence-corrected chi connectivity index (χ2v) is 9.85. The average Bonchev–Trinajstić information content (AvgIpc) is 2.65. The molecular formula is C21H17NO7S. The number of amides is 2. The molecule has 0 fully saturated rings. The first-order valence-corrected chi connectivity index (χ1v) is 10.1. The van der Waals surface area contributed by atoms with E-state index in [1.54, 1.807) is 0 Å². The number of imide groups is 1. The summed E-state index contributed by atoms with van der Waals surface area (Å²) in [5.74, 6) is -4.53. The average molecular weight is 427 g/mol. The van der Waals surface area contributed by atoms with Gasteiger partial charge < -0.3 is 9.84 Å². The second-order valence-electron chi connectivity index (χ2n) is 8.01. The number of carbonyl (C=O) groups is 5. The Labute approximate surface area is 175 Å². The number of aliphatic carboxylic acids is 1. The predicted octanol–water partition coefficient (Wildman–Crippen LogP) is 2.73. The molecule has 0 radical (unpaired) electrons. The quantitative estimate of drug-likeness (QED) is 0.450. The zero-order valence-electron chi connectivity index (χ0n) is 16.3. The van der Waals surface area contributed by atoms with E-state index in [4.69, 9.17) is 4.74 Å². The van der Waals surface area contributed by atoms with Crippen LogP contribution in [0.4, 0.5) is 0 Å². The number of carboxylic acid groups (broad SMARTS) is 1. The molecule has 0 spiro atoms. The van der Waals surface area contributed by atoms with Gasteiger partial charge in [-0.2, -0.15) is 11.8 Å².